The lowest BCUT2D eigenvalue weighted by molar-refractivity contribution is -0.161. The number of phosphoric ester groups is 2. The first kappa shape index (κ1) is 86.1. The number of hydrogen-bond acceptors (Lipinski definition) is 15. The van der Waals surface area contributed by atoms with E-state index in [0.29, 0.717) is 25.7 Å². The van der Waals surface area contributed by atoms with Gasteiger partial charge in [-0.3, -0.25) is 37.3 Å². The highest BCUT2D eigenvalue weighted by Gasteiger charge is 2.30. The topological polar surface area (TPSA) is 237 Å². The SMILES string of the molecule is CCCCCCCCCCCCCCCC(=O)OC[C@H](COP(=O)(O)OC[C@@H](O)COP(=O)(O)OC[C@@H](COC(=O)CCCCCCCCCC)OC(=O)CCCCCCCCCCCCCC)OC(=O)CCCCCCCCCCCCCCC(C)C. The van der Waals surface area contributed by atoms with E-state index in [1.807, 2.05) is 0 Å². The molecule has 0 aromatic carbocycles. The van der Waals surface area contributed by atoms with Gasteiger partial charge in [0.15, 0.2) is 12.2 Å². The van der Waals surface area contributed by atoms with Crippen LogP contribution in [0.3, 0.4) is 0 Å². The molecule has 17 nitrogen and oxygen atoms in total. The Morgan fingerprint density at radius 2 is 0.523 bits per heavy atom. The monoisotopic (exact) mass is 1300 g/mol. The molecule has 0 heterocycles. The lowest BCUT2D eigenvalue weighted by atomic mass is 10.0. The van der Waals surface area contributed by atoms with Crippen molar-refractivity contribution in [3.05, 3.63) is 0 Å². The van der Waals surface area contributed by atoms with Crippen LogP contribution in [-0.2, 0) is 65.4 Å². The molecular formula is C69H134O17P2. The zero-order valence-electron chi connectivity index (χ0n) is 56.9. The van der Waals surface area contributed by atoms with Crippen LogP contribution >= 0.6 is 15.6 Å². The number of hydrogen-bond donors (Lipinski definition) is 3. The van der Waals surface area contributed by atoms with E-state index in [2.05, 4.69) is 34.6 Å². The van der Waals surface area contributed by atoms with Gasteiger partial charge in [-0.05, 0) is 31.6 Å². The molecule has 5 atom stereocenters. The summed E-state index contributed by atoms with van der Waals surface area (Å²) in [7, 11) is -9.89. The summed E-state index contributed by atoms with van der Waals surface area (Å²) in [5, 5.41) is 10.6. The third-order valence-electron chi connectivity index (χ3n) is 16.0. The Hall–Kier alpha value is -1.94. The average Bonchev–Trinajstić information content (AvgIpc) is 3.68. The van der Waals surface area contributed by atoms with E-state index < -0.39 is 97.5 Å². The number of phosphoric acid groups is 2. The van der Waals surface area contributed by atoms with Gasteiger partial charge < -0.3 is 33.8 Å². The quantitative estimate of drug-likeness (QED) is 0.0222. The largest absolute Gasteiger partial charge is 0.472 e. The molecule has 0 fully saturated rings. The molecule has 19 heteroatoms. The molecule has 3 N–H and O–H groups in total. The van der Waals surface area contributed by atoms with Crippen molar-refractivity contribution < 1.29 is 80.2 Å². The van der Waals surface area contributed by atoms with E-state index in [1.54, 1.807) is 0 Å². The molecule has 0 rings (SSSR count). The fourth-order valence-corrected chi connectivity index (χ4v) is 12.0. The normalized spacial score (nSPS) is 14.1. The molecule has 0 aliphatic rings. The number of ether oxygens (including phenoxy) is 4. The Morgan fingerprint density at radius 1 is 0.307 bits per heavy atom. The summed E-state index contributed by atoms with van der Waals surface area (Å²) in [6, 6.07) is 0. The van der Waals surface area contributed by atoms with Crippen LogP contribution < -0.4 is 0 Å². The smallest absolute Gasteiger partial charge is 0.462 e. The number of unbranched alkanes of at least 4 members (excludes halogenated alkanes) is 41. The molecule has 0 aromatic rings. The van der Waals surface area contributed by atoms with E-state index in [-0.39, 0.29) is 25.7 Å². The maximum absolute atomic E-state index is 13.0. The summed E-state index contributed by atoms with van der Waals surface area (Å²) in [6.45, 7) is 7.23. The lowest BCUT2D eigenvalue weighted by Crippen LogP contribution is -2.30. The summed E-state index contributed by atoms with van der Waals surface area (Å²) in [4.78, 5) is 72.4. The summed E-state index contributed by atoms with van der Waals surface area (Å²) in [6.07, 6.45) is 48.4. The van der Waals surface area contributed by atoms with Gasteiger partial charge in [-0.1, -0.05) is 304 Å². The van der Waals surface area contributed by atoms with Gasteiger partial charge >= 0.3 is 39.5 Å². The van der Waals surface area contributed by atoms with Crippen molar-refractivity contribution in [1.29, 1.82) is 0 Å². The molecule has 0 saturated heterocycles. The Morgan fingerprint density at radius 3 is 0.773 bits per heavy atom. The van der Waals surface area contributed by atoms with E-state index in [1.165, 1.54) is 173 Å². The second-order valence-corrected chi connectivity index (χ2v) is 28.3. The van der Waals surface area contributed by atoms with Crippen molar-refractivity contribution in [3.8, 4) is 0 Å². The van der Waals surface area contributed by atoms with Crippen LogP contribution in [-0.4, -0.2) is 96.7 Å². The van der Waals surface area contributed by atoms with E-state index in [0.717, 1.165) is 102 Å². The van der Waals surface area contributed by atoms with Crippen molar-refractivity contribution in [2.45, 2.75) is 374 Å². The van der Waals surface area contributed by atoms with E-state index in [9.17, 15) is 43.2 Å². The van der Waals surface area contributed by atoms with Gasteiger partial charge in [-0.2, -0.15) is 0 Å². The van der Waals surface area contributed by atoms with Gasteiger partial charge in [0.1, 0.15) is 19.3 Å². The molecule has 0 aromatic heterocycles. The molecule has 0 saturated carbocycles. The predicted molar refractivity (Wildman–Crippen MR) is 354 cm³/mol. The van der Waals surface area contributed by atoms with Crippen LogP contribution in [0.1, 0.15) is 356 Å². The molecule has 0 spiro atoms. The summed E-state index contributed by atoms with van der Waals surface area (Å²) in [5.41, 5.74) is 0. The lowest BCUT2D eigenvalue weighted by Gasteiger charge is -2.21. The molecule has 2 unspecified atom stereocenters. The number of carbonyl (C=O) groups is 4. The molecule has 0 bridgehead atoms. The minimum absolute atomic E-state index is 0.107. The minimum Gasteiger partial charge on any atom is -0.462 e. The highest BCUT2D eigenvalue weighted by Crippen LogP contribution is 2.45. The number of rotatable bonds is 69. The summed E-state index contributed by atoms with van der Waals surface area (Å²) in [5.74, 6) is -1.35. The van der Waals surface area contributed by atoms with Crippen LogP contribution in [0.5, 0.6) is 0 Å². The third-order valence-corrected chi connectivity index (χ3v) is 17.9. The highest BCUT2D eigenvalue weighted by molar-refractivity contribution is 7.47. The van der Waals surface area contributed by atoms with Crippen LogP contribution in [0.2, 0.25) is 0 Å². The van der Waals surface area contributed by atoms with Crippen molar-refractivity contribution in [3.63, 3.8) is 0 Å². The van der Waals surface area contributed by atoms with Crippen molar-refractivity contribution in [1.82, 2.24) is 0 Å². The first-order valence-corrected chi connectivity index (χ1v) is 39.1. The summed E-state index contributed by atoms with van der Waals surface area (Å²) >= 11 is 0. The Labute approximate surface area is 537 Å². The van der Waals surface area contributed by atoms with Gasteiger partial charge in [0.25, 0.3) is 0 Å². The van der Waals surface area contributed by atoms with Crippen LogP contribution in [0, 0.1) is 5.92 Å². The number of aliphatic hydroxyl groups excluding tert-OH is 1. The van der Waals surface area contributed by atoms with Crippen molar-refractivity contribution in [2.75, 3.05) is 39.6 Å². The predicted octanol–water partition coefficient (Wildman–Crippen LogP) is 19.7. The average molecular weight is 1300 g/mol. The van der Waals surface area contributed by atoms with Gasteiger partial charge in [-0.25, -0.2) is 9.13 Å². The zero-order valence-corrected chi connectivity index (χ0v) is 58.6. The fraction of sp³-hybridized carbons (Fsp3) is 0.942. The van der Waals surface area contributed by atoms with E-state index >= 15 is 0 Å². The van der Waals surface area contributed by atoms with Crippen LogP contribution in [0.25, 0.3) is 0 Å². The minimum atomic E-state index is -4.95. The first-order chi connectivity index (χ1) is 42.5. The van der Waals surface area contributed by atoms with E-state index in [4.69, 9.17) is 37.0 Å². The van der Waals surface area contributed by atoms with Crippen molar-refractivity contribution >= 4 is 39.5 Å². The number of aliphatic hydroxyl groups is 1. The van der Waals surface area contributed by atoms with Crippen LogP contribution in [0.4, 0.5) is 0 Å². The molecular weight excluding hydrogens is 1160 g/mol. The number of esters is 4. The third kappa shape index (κ3) is 62.8. The second kappa shape index (κ2) is 62.5. The summed E-state index contributed by atoms with van der Waals surface area (Å²) < 4.78 is 68.2. The van der Waals surface area contributed by atoms with Gasteiger partial charge in [0, 0.05) is 25.7 Å². The molecule has 0 aliphatic carbocycles. The molecule has 0 radical (unpaired) electrons. The first-order valence-electron chi connectivity index (χ1n) is 36.1. The Balaban J connectivity index is 5.23. The maximum Gasteiger partial charge on any atom is 0.472 e. The fourth-order valence-electron chi connectivity index (χ4n) is 10.5. The second-order valence-electron chi connectivity index (χ2n) is 25.4. The molecule has 88 heavy (non-hydrogen) atoms. The maximum atomic E-state index is 13.0. The molecule has 0 aliphatic heterocycles. The molecule has 522 valence electrons. The number of carbonyl (C=O) groups excluding carboxylic acids is 4. The van der Waals surface area contributed by atoms with Gasteiger partial charge in [0.05, 0.1) is 26.4 Å². The zero-order chi connectivity index (χ0) is 64.9. The van der Waals surface area contributed by atoms with Crippen molar-refractivity contribution in [2.24, 2.45) is 5.92 Å². The Bertz CT molecular complexity index is 1700. The van der Waals surface area contributed by atoms with Gasteiger partial charge in [0.2, 0.25) is 0 Å². The Kier molecular flexibility index (Phi) is 61.1. The highest BCUT2D eigenvalue weighted by atomic mass is 31.2. The standard InChI is InChI=1S/C69H134O17P2/c1-6-9-12-15-18-21-23-25-30-33-38-43-48-53-67(72)80-59-65(86-69(74)55-50-45-40-35-31-27-26-28-32-36-41-46-51-62(4)5)61-84-88(77,78)82-57-63(70)56-81-87(75,76)83-60-64(58-79-66(71)52-47-42-37-20-17-14-11-8-3)85-68(73)54-49-44-39-34-29-24-22-19-16-13-10-7-2/h62-65,70H,6-61H2,1-5H3,(H,75,76)(H,77,78)/t63-,64+,65+/m0/s1. The van der Waals surface area contributed by atoms with Crippen LogP contribution in [0.15, 0.2) is 0 Å². The van der Waals surface area contributed by atoms with Gasteiger partial charge in [-0.15, -0.1) is 0 Å². The molecule has 0 amide bonds.